The van der Waals surface area contributed by atoms with Crippen molar-refractivity contribution < 1.29 is 17.2 Å². The molecule has 0 saturated heterocycles. The second-order valence-electron chi connectivity index (χ2n) is 3.40. The van der Waals surface area contributed by atoms with E-state index in [0.29, 0.717) is 6.07 Å². The Balaban J connectivity index is 2.40. The predicted molar refractivity (Wildman–Crippen MR) is 61.4 cm³/mol. The second kappa shape index (κ2) is 4.69. The molecule has 1 aromatic carbocycles. The number of aromatic nitrogens is 1. The molecule has 1 N–H and O–H groups in total. The molecule has 7 heteroatoms. The number of hydrogen-bond acceptors (Lipinski definition) is 3. The summed E-state index contributed by atoms with van der Waals surface area (Å²) in [6.45, 7) is 0. The standard InChI is InChI=1S/C11H8F2N2O2S/c12-8-4-5-9(13)10(7-8)18(16,17)15-11-3-1-2-6-14-11/h1-7H,(H,14,15). The Labute approximate surface area is 102 Å². The predicted octanol–water partition coefficient (Wildman–Crippen LogP) is 2.16. The second-order valence-corrected chi connectivity index (χ2v) is 5.05. The fourth-order valence-corrected chi connectivity index (χ4v) is 2.40. The van der Waals surface area contributed by atoms with Gasteiger partial charge in [0.25, 0.3) is 10.0 Å². The molecule has 18 heavy (non-hydrogen) atoms. The summed E-state index contributed by atoms with van der Waals surface area (Å²) < 4.78 is 52.0. The number of hydrogen-bond donors (Lipinski definition) is 1. The van der Waals surface area contributed by atoms with Crippen LogP contribution in [-0.4, -0.2) is 13.4 Å². The number of rotatable bonds is 3. The van der Waals surface area contributed by atoms with Gasteiger partial charge in [0, 0.05) is 6.20 Å². The number of halogens is 2. The number of anilines is 1. The number of sulfonamides is 1. The van der Waals surface area contributed by atoms with E-state index < -0.39 is 26.6 Å². The Morgan fingerprint density at radius 1 is 1.11 bits per heavy atom. The third-order valence-electron chi connectivity index (χ3n) is 2.09. The van der Waals surface area contributed by atoms with Crippen molar-refractivity contribution in [2.75, 3.05) is 4.72 Å². The molecular weight excluding hydrogens is 262 g/mol. The summed E-state index contributed by atoms with van der Waals surface area (Å²) in [7, 11) is -4.19. The fraction of sp³-hybridized carbons (Fsp3) is 0. The van der Waals surface area contributed by atoms with E-state index in [-0.39, 0.29) is 5.82 Å². The first kappa shape index (κ1) is 12.4. The highest BCUT2D eigenvalue weighted by molar-refractivity contribution is 7.92. The molecule has 0 saturated carbocycles. The van der Waals surface area contributed by atoms with Crippen molar-refractivity contribution in [2.24, 2.45) is 0 Å². The molecule has 0 fully saturated rings. The highest BCUT2D eigenvalue weighted by atomic mass is 32.2. The Morgan fingerprint density at radius 2 is 1.89 bits per heavy atom. The van der Waals surface area contributed by atoms with Crippen molar-refractivity contribution in [3.05, 3.63) is 54.2 Å². The van der Waals surface area contributed by atoms with E-state index in [4.69, 9.17) is 0 Å². The quantitative estimate of drug-likeness (QED) is 0.929. The molecule has 94 valence electrons. The van der Waals surface area contributed by atoms with E-state index in [1.807, 2.05) is 0 Å². The lowest BCUT2D eigenvalue weighted by atomic mass is 10.3. The molecule has 0 amide bonds. The van der Waals surface area contributed by atoms with Gasteiger partial charge in [0.2, 0.25) is 0 Å². The van der Waals surface area contributed by atoms with Crippen molar-refractivity contribution >= 4 is 15.8 Å². The monoisotopic (exact) mass is 270 g/mol. The van der Waals surface area contributed by atoms with Gasteiger partial charge >= 0.3 is 0 Å². The summed E-state index contributed by atoms with van der Waals surface area (Å²) >= 11 is 0. The molecule has 2 rings (SSSR count). The molecule has 1 aromatic heterocycles. The molecule has 0 aliphatic carbocycles. The minimum absolute atomic E-state index is 0.0289. The van der Waals surface area contributed by atoms with Crippen LogP contribution in [0.5, 0.6) is 0 Å². The summed E-state index contributed by atoms with van der Waals surface area (Å²) in [4.78, 5) is 2.98. The third kappa shape index (κ3) is 2.62. The van der Waals surface area contributed by atoms with Crippen molar-refractivity contribution in [3.8, 4) is 0 Å². The zero-order valence-electron chi connectivity index (χ0n) is 8.97. The molecule has 2 aromatic rings. The van der Waals surface area contributed by atoms with Crippen LogP contribution in [0.3, 0.4) is 0 Å². The maximum absolute atomic E-state index is 13.4. The Hall–Kier alpha value is -2.02. The fourth-order valence-electron chi connectivity index (χ4n) is 1.30. The average Bonchev–Trinajstić information content (AvgIpc) is 2.33. The maximum Gasteiger partial charge on any atom is 0.266 e. The lowest BCUT2D eigenvalue weighted by Crippen LogP contribution is -2.15. The van der Waals surface area contributed by atoms with Crippen LogP contribution in [-0.2, 0) is 10.0 Å². The molecule has 0 aliphatic heterocycles. The molecule has 0 atom stereocenters. The molecular formula is C11H8F2N2O2S. The molecule has 1 heterocycles. The van der Waals surface area contributed by atoms with Crippen LogP contribution >= 0.6 is 0 Å². The molecule has 0 spiro atoms. The summed E-state index contributed by atoms with van der Waals surface area (Å²) in [5.41, 5.74) is 0. The van der Waals surface area contributed by atoms with E-state index in [1.54, 1.807) is 12.1 Å². The van der Waals surface area contributed by atoms with Crippen LogP contribution in [0.4, 0.5) is 14.6 Å². The third-order valence-corrected chi connectivity index (χ3v) is 3.46. The van der Waals surface area contributed by atoms with Crippen LogP contribution in [0.1, 0.15) is 0 Å². The topological polar surface area (TPSA) is 59.1 Å². The van der Waals surface area contributed by atoms with Crippen LogP contribution in [0.25, 0.3) is 0 Å². The van der Waals surface area contributed by atoms with Crippen molar-refractivity contribution in [1.82, 2.24) is 4.98 Å². The molecule has 4 nitrogen and oxygen atoms in total. The Morgan fingerprint density at radius 3 is 2.56 bits per heavy atom. The van der Waals surface area contributed by atoms with Gasteiger partial charge in [0.05, 0.1) is 0 Å². The number of nitrogens with one attached hydrogen (secondary N) is 1. The van der Waals surface area contributed by atoms with Gasteiger partial charge in [-0.2, -0.15) is 0 Å². The highest BCUT2D eigenvalue weighted by Crippen LogP contribution is 2.18. The molecule has 0 bridgehead atoms. The number of pyridine rings is 1. The van der Waals surface area contributed by atoms with Gasteiger partial charge in [-0.15, -0.1) is 0 Å². The molecule has 0 aliphatic rings. The maximum atomic E-state index is 13.4. The van der Waals surface area contributed by atoms with Gasteiger partial charge in [0.15, 0.2) is 0 Å². The zero-order chi connectivity index (χ0) is 13.2. The highest BCUT2D eigenvalue weighted by Gasteiger charge is 2.20. The smallest absolute Gasteiger partial charge is 0.263 e. The van der Waals surface area contributed by atoms with Gasteiger partial charge in [-0.05, 0) is 30.3 Å². The van der Waals surface area contributed by atoms with Crippen LogP contribution in [0.15, 0.2) is 47.5 Å². The summed E-state index contributed by atoms with van der Waals surface area (Å²) in [5.74, 6) is -1.83. The van der Waals surface area contributed by atoms with Crippen molar-refractivity contribution in [3.63, 3.8) is 0 Å². The largest absolute Gasteiger partial charge is 0.266 e. The summed E-state index contributed by atoms with van der Waals surface area (Å²) in [6.07, 6.45) is 1.37. The minimum Gasteiger partial charge on any atom is -0.263 e. The first-order valence-electron chi connectivity index (χ1n) is 4.88. The van der Waals surface area contributed by atoms with Gasteiger partial charge in [-0.1, -0.05) is 6.07 Å². The minimum atomic E-state index is -4.19. The molecule has 0 radical (unpaired) electrons. The van der Waals surface area contributed by atoms with E-state index in [9.17, 15) is 17.2 Å². The van der Waals surface area contributed by atoms with Crippen LogP contribution in [0, 0.1) is 11.6 Å². The van der Waals surface area contributed by atoms with E-state index >= 15 is 0 Å². The van der Waals surface area contributed by atoms with Gasteiger partial charge in [-0.3, -0.25) is 4.72 Å². The van der Waals surface area contributed by atoms with Crippen molar-refractivity contribution in [2.45, 2.75) is 4.90 Å². The Bertz CT molecular complexity index is 660. The first-order valence-corrected chi connectivity index (χ1v) is 6.36. The Kier molecular flexibility index (Phi) is 3.24. The summed E-state index contributed by atoms with van der Waals surface area (Å²) in [5, 5.41) is 0. The van der Waals surface area contributed by atoms with Crippen LogP contribution in [0.2, 0.25) is 0 Å². The van der Waals surface area contributed by atoms with E-state index in [2.05, 4.69) is 9.71 Å². The van der Waals surface area contributed by atoms with Gasteiger partial charge in [0.1, 0.15) is 22.3 Å². The van der Waals surface area contributed by atoms with E-state index in [0.717, 1.165) is 12.1 Å². The summed E-state index contributed by atoms with van der Waals surface area (Å²) in [6, 6.07) is 6.76. The van der Waals surface area contributed by atoms with Crippen LogP contribution < -0.4 is 4.72 Å². The first-order chi connectivity index (χ1) is 8.49. The zero-order valence-corrected chi connectivity index (χ0v) is 9.79. The number of nitrogens with zero attached hydrogens (tertiary/aromatic N) is 1. The SMILES string of the molecule is O=S(=O)(Nc1ccccn1)c1cc(F)ccc1F. The lowest BCUT2D eigenvalue weighted by Gasteiger charge is -2.07. The van der Waals surface area contributed by atoms with Gasteiger partial charge < -0.3 is 0 Å². The van der Waals surface area contributed by atoms with Gasteiger partial charge in [-0.25, -0.2) is 22.2 Å². The lowest BCUT2D eigenvalue weighted by molar-refractivity contribution is 0.555. The average molecular weight is 270 g/mol. The number of benzene rings is 1. The van der Waals surface area contributed by atoms with E-state index in [1.165, 1.54) is 12.3 Å². The van der Waals surface area contributed by atoms with Crippen molar-refractivity contribution in [1.29, 1.82) is 0 Å². The normalized spacial score (nSPS) is 11.2. The molecule has 0 unspecified atom stereocenters.